The van der Waals surface area contributed by atoms with Crippen molar-refractivity contribution in [2.75, 3.05) is 4.90 Å². The molecular formula is C44H30N2. The average molecular weight is 589 g/mol. The predicted molar refractivity (Wildman–Crippen MR) is 195 cm³/mol. The van der Waals surface area contributed by atoms with Gasteiger partial charge in [-0.1, -0.05) is 121 Å². The van der Waals surface area contributed by atoms with Crippen molar-refractivity contribution in [1.82, 2.24) is 4.57 Å². The van der Waals surface area contributed by atoms with Crippen LogP contribution in [0.25, 0.3) is 60.5 Å². The van der Waals surface area contributed by atoms with E-state index in [1.165, 1.54) is 22.3 Å². The molecule has 9 rings (SSSR count). The van der Waals surface area contributed by atoms with E-state index in [-0.39, 0.29) is 0 Å². The molecule has 216 valence electrons. The van der Waals surface area contributed by atoms with Gasteiger partial charge in [0.15, 0.2) is 0 Å². The van der Waals surface area contributed by atoms with E-state index >= 15 is 0 Å². The molecule has 2 heteroatoms. The lowest BCUT2D eigenvalue weighted by Gasteiger charge is -2.26. The number of hydrogen-bond donors (Lipinski definition) is 0. The van der Waals surface area contributed by atoms with Crippen molar-refractivity contribution in [3.63, 3.8) is 0 Å². The number of hydrogen-bond acceptors (Lipinski definition) is 1. The van der Waals surface area contributed by atoms with Gasteiger partial charge in [-0.3, -0.25) is 0 Å². The Balaban J connectivity index is 1.16. The van der Waals surface area contributed by atoms with Crippen LogP contribution in [0.15, 0.2) is 182 Å². The highest BCUT2D eigenvalue weighted by Gasteiger charge is 2.18. The standard InChI is InChI=1S/C44H30N2/c1-3-9-31(10-4-1)33-19-23-37(24-20-33)45(38-25-21-34(22-26-38)32-11-5-2-6-12-32)39-27-29-40(30-28-39)46-41-15-7-13-35-17-18-36-14-8-16-42(46)44(36)43(35)41/h1-30H/i13D,14D. The lowest BCUT2D eigenvalue weighted by atomic mass is 10.0. The fraction of sp³-hybridized carbons (Fsp3) is 0. The largest absolute Gasteiger partial charge is 0.311 e. The Morgan fingerprint density at radius 1 is 0.370 bits per heavy atom. The fourth-order valence-corrected chi connectivity index (χ4v) is 6.81. The monoisotopic (exact) mass is 588 g/mol. The summed E-state index contributed by atoms with van der Waals surface area (Å²) >= 11 is 0. The molecule has 0 N–H and O–H groups in total. The molecule has 0 spiro atoms. The summed E-state index contributed by atoms with van der Waals surface area (Å²) in [4.78, 5) is 2.30. The molecule has 0 aliphatic carbocycles. The quantitative estimate of drug-likeness (QED) is 0.175. The summed E-state index contributed by atoms with van der Waals surface area (Å²) in [5, 5.41) is 3.92. The third-order valence-electron chi connectivity index (χ3n) is 8.99. The number of nitrogens with zero attached hydrogens (tertiary/aromatic N) is 2. The van der Waals surface area contributed by atoms with Crippen LogP contribution in [0.4, 0.5) is 17.1 Å². The van der Waals surface area contributed by atoms with Gasteiger partial charge in [0, 0.05) is 33.5 Å². The Labute approximate surface area is 271 Å². The van der Waals surface area contributed by atoms with Crippen molar-refractivity contribution in [2.24, 2.45) is 0 Å². The normalized spacial score (nSPS) is 12.1. The van der Waals surface area contributed by atoms with Gasteiger partial charge >= 0.3 is 0 Å². The van der Waals surface area contributed by atoms with Gasteiger partial charge in [-0.25, -0.2) is 0 Å². The van der Waals surface area contributed by atoms with Gasteiger partial charge < -0.3 is 9.47 Å². The Bertz CT molecular complexity index is 2380. The Kier molecular flexibility index (Phi) is 5.69. The van der Waals surface area contributed by atoms with Crippen molar-refractivity contribution in [3.05, 3.63) is 182 Å². The van der Waals surface area contributed by atoms with Crippen LogP contribution in [-0.4, -0.2) is 4.57 Å². The van der Waals surface area contributed by atoms with Gasteiger partial charge in [0.25, 0.3) is 0 Å². The van der Waals surface area contributed by atoms with Crippen molar-refractivity contribution >= 4 is 49.6 Å². The van der Waals surface area contributed by atoms with E-state index in [2.05, 4.69) is 131 Å². The maximum atomic E-state index is 8.58. The molecule has 2 nitrogen and oxygen atoms in total. The van der Waals surface area contributed by atoms with Crippen LogP contribution in [-0.2, 0) is 0 Å². The van der Waals surface area contributed by atoms with E-state index in [4.69, 9.17) is 2.74 Å². The molecule has 8 aromatic carbocycles. The molecule has 0 aliphatic heterocycles. The molecule has 0 bridgehead atoms. The molecule has 1 heterocycles. The van der Waals surface area contributed by atoms with Crippen LogP contribution in [0.2, 0.25) is 0 Å². The first kappa shape index (κ1) is 24.2. The fourth-order valence-electron chi connectivity index (χ4n) is 6.81. The van der Waals surface area contributed by atoms with Crippen molar-refractivity contribution in [3.8, 4) is 27.9 Å². The van der Waals surface area contributed by atoms with Crippen LogP contribution in [0.1, 0.15) is 2.74 Å². The van der Waals surface area contributed by atoms with Gasteiger partial charge in [0.1, 0.15) is 0 Å². The van der Waals surface area contributed by atoms with Crippen LogP contribution < -0.4 is 4.90 Å². The average Bonchev–Trinajstić information content (AvgIpc) is 3.49. The van der Waals surface area contributed by atoms with Crippen LogP contribution in [0, 0.1) is 0 Å². The van der Waals surface area contributed by atoms with Crippen LogP contribution in [0.3, 0.4) is 0 Å². The van der Waals surface area contributed by atoms with Crippen LogP contribution >= 0.6 is 0 Å². The summed E-state index contributed by atoms with van der Waals surface area (Å²) in [5.41, 5.74) is 11.1. The van der Waals surface area contributed by atoms with E-state index in [9.17, 15) is 0 Å². The summed E-state index contributed by atoms with van der Waals surface area (Å²) in [6, 6.07) is 60.0. The number of rotatable bonds is 6. The Morgan fingerprint density at radius 3 is 1.20 bits per heavy atom. The zero-order valence-electron chi connectivity index (χ0n) is 27.1. The minimum Gasteiger partial charge on any atom is -0.311 e. The third-order valence-corrected chi connectivity index (χ3v) is 8.99. The molecule has 0 radical (unpaired) electrons. The second kappa shape index (κ2) is 10.8. The third kappa shape index (κ3) is 4.35. The highest BCUT2D eigenvalue weighted by molar-refractivity contribution is 6.24. The smallest absolute Gasteiger partial charge is 0.0629 e. The first-order valence-electron chi connectivity index (χ1n) is 16.6. The molecule has 0 atom stereocenters. The lowest BCUT2D eigenvalue weighted by molar-refractivity contribution is 1.17. The topological polar surface area (TPSA) is 8.17 Å². The number of benzene rings is 8. The molecule has 1 aromatic heterocycles. The molecule has 0 unspecified atom stereocenters. The highest BCUT2D eigenvalue weighted by Crippen LogP contribution is 2.40. The van der Waals surface area contributed by atoms with Gasteiger partial charge in [0.05, 0.1) is 13.8 Å². The minimum atomic E-state index is 0.501. The first-order chi connectivity index (χ1) is 23.6. The Hall–Kier alpha value is -6.12. The predicted octanol–water partition coefficient (Wildman–Crippen LogP) is 12.2. The highest BCUT2D eigenvalue weighted by atomic mass is 15.1. The second-order valence-corrected chi connectivity index (χ2v) is 11.6. The van der Waals surface area contributed by atoms with Gasteiger partial charge in [-0.2, -0.15) is 0 Å². The lowest BCUT2D eigenvalue weighted by Crippen LogP contribution is -2.10. The Morgan fingerprint density at radius 2 is 0.761 bits per heavy atom. The molecule has 0 saturated carbocycles. The molecule has 46 heavy (non-hydrogen) atoms. The summed E-state index contributed by atoms with van der Waals surface area (Å²) in [5.74, 6) is 0. The maximum absolute atomic E-state index is 8.58. The van der Waals surface area contributed by atoms with E-state index in [0.717, 1.165) is 55.3 Å². The molecule has 0 fully saturated rings. The zero-order chi connectivity index (χ0) is 32.2. The summed E-state index contributed by atoms with van der Waals surface area (Å²) in [6.07, 6.45) is 0. The van der Waals surface area contributed by atoms with Crippen molar-refractivity contribution in [2.45, 2.75) is 0 Å². The van der Waals surface area contributed by atoms with E-state index in [0.29, 0.717) is 12.1 Å². The van der Waals surface area contributed by atoms with Crippen molar-refractivity contribution in [1.29, 1.82) is 0 Å². The summed E-state index contributed by atoms with van der Waals surface area (Å²) < 4.78 is 19.4. The summed E-state index contributed by atoms with van der Waals surface area (Å²) in [7, 11) is 0. The van der Waals surface area contributed by atoms with Crippen molar-refractivity contribution < 1.29 is 2.74 Å². The van der Waals surface area contributed by atoms with Gasteiger partial charge in [-0.15, -0.1) is 0 Å². The zero-order valence-corrected chi connectivity index (χ0v) is 25.1. The first-order valence-corrected chi connectivity index (χ1v) is 15.6. The molecule has 9 aromatic rings. The molecule has 0 aliphatic rings. The van der Waals surface area contributed by atoms with Gasteiger partial charge in [0.2, 0.25) is 0 Å². The molecular weight excluding hydrogens is 556 g/mol. The number of anilines is 3. The maximum Gasteiger partial charge on any atom is 0.0629 e. The molecule has 0 amide bonds. The van der Waals surface area contributed by atoms with E-state index < -0.39 is 0 Å². The van der Waals surface area contributed by atoms with Gasteiger partial charge in [-0.05, 0) is 93.7 Å². The summed E-state index contributed by atoms with van der Waals surface area (Å²) in [6.45, 7) is 0. The molecule has 0 saturated heterocycles. The minimum absolute atomic E-state index is 0.501. The van der Waals surface area contributed by atoms with Crippen LogP contribution in [0.5, 0.6) is 0 Å². The van der Waals surface area contributed by atoms with E-state index in [1.54, 1.807) is 0 Å². The van der Waals surface area contributed by atoms with E-state index in [1.807, 2.05) is 48.5 Å². The SMILES string of the molecule is [2H]c1ccc2c3c1ccc1c([2H])ccc(c13)n2-c1ccc(N(c2ccc(-c3ccccc3)cc2)c2ccc(-c3ccccc3)cc2)cc1. The number of aromatic nitrogens is 1. The second-order valence-electron chi connectivity index (χ2n) is 11.6.